The second kappa shape index (κ2) is 8.28. The van der Waals surface area contributed by atoms with Gasteiger partial charge in [0.25, 0.3) is 0 Å². The maximum Gasteiger partial charge on any atom is 0.231 e. The highest BCUT2D eigenvalue weighted by Crippen LogP contribution is 2.48. The van der Waals surface area contributed by atoms with Crippen LogP contribution in [-0.2, 0) is 27.5 Å². The minimum Gasteiger partial charge on any atom is -0.726 e. The van der Waals surface area contributed by atoms with Crippen molar-refractivity contribution in [3.63, 3.8) is 0 Å². The molecule has 1 atom stereocenters. The van der Waals surface area contributed by atoms with Gasteiger partial charge in [0.2, 0.25) is 17.2 Å². The van der Waals surface area contributed by atoms with E-state index in [1.165, 1.54) is 28.0 Å². The van der Waals surface area contributed by atoms with Crippen LogP contribution in [0.25, 0.3) is 11.8 Å². The molecule has 0 radical (unpaired) electrons. The molecule has 9 nitrogen and oxygen atoms in total. The van der Waals surface area contributed by atoms with Crippen LogP contribution >= 0.6 is 0 Å². The van der Waals surface area contributed by atoms with E-state index in [2.05, 4.69) is 35.5 Å². The zero-order valence-corrected chi connectivity index (χ0v) is 19.2. The fourth-order valence-corrected chi connectivity index (χ4v) is 4.41. The van der Waals surface area contributed by atoms with Crippen LogP contribution in [0, 0.1) is 0 Å². The van der Waals surface area contributed by atoms with Gasteiger partial charge in [0.05, 0.1) is 40.5 Å². The molecular weight excluding hydrogens is 438 g/mol. The standard InChI is InChI=1S/C21H22NO4.CH4O4S/c1-22-7-6-14-9-19-20(26-12-25-19)10-15(14)17(22)8-13-4-5-18(23-2)21(24-3)16(13)11-22;1-5-6(2,3)4/h4-5,8-10H,6-7,11-12H2,1-3H3;1H3,(H,2,3,4)/q+1;/p-1. The van der Waals surface area contributed by atoms with Crippen molar-refractivity contribution >= 4 is 22.2 Å². The number of quaternary nitrogens is 1. The van der Waals surface area contributed by atoms with Crippen molar-refractivity contribution in [1.82, 2.24) is 0 Å². The van der Waals surface area contributed by atoms with E-state index >= 15 is 0 Å². The van der Waals surface area contributed by atoms with Gasteiger partial charge in [-0.3, -0.25) is 8.67 Å². The lowest BCUT2D eigenvalue weighted by Crippen LogP contribution is -2.47. The number of rotatable bonds is 3. The molecule has 2 aromatic rings. The van der Waals surface area contributed by atoms with E-state index in [4.69, 9.17) is 18.9 Å². The van der Waals surface area contributed by atoms with Crippen molar-refractivity contribution in [2.75, 3.05) is 41.7 Å². The zero-order chi connectivity index (χ0) is 23.1. The summed E-state index contributed by atoms with van der Waals surface area (Å²) in [6.45, 7) is 2.23. The molecule has 0 aliphatic carbocycles. The molecule has 10 heteroatoms. The normalized spacial score (nSPS) is 20.1. The summed E-state index contributed by atoms with van der Waals surface area (Å²) in [6.07, 6.45) is 3.31. The Bertz CT molecular complexity index is 1190. The minimum atomic E-state index is -4.41. The summed E-state index contributed by atoms with van der Waals surface area (Å²) >= 11 is 0. The predicted molar refractivity (Wildman–Crippen MR) is 115 cm³/mol. The molecule has 0 bridgehead atoms. The van der Waals surface area contributed by atoms with Crippen molar-refractivity contribution in [2.45, 2.75) is 13.0 Å². The molecule has 0 saturated heterocycles. The highest BCUT2D eigenvalue weighted by atomic mass is 32.3. The summed E-state index contributed by atoms with van der Waals surface area (Å²) in [7, 11) is 2.09. The van der Waals surface area contributed by atoms with Crippen LogP contribution in [0.15, 0.2) is 24.3 Å². The average molecular weight is 464 g/mol. The molecule has 0 spiro atoms. The van der Waals surface area contributed by atoms with Crippen molar-refractivity contribution in [2.24, 2.45) is 0 Å². The fraction of sp³-hybridized carbons (Fsp3) is 0.364. The van der Waals surface area contributed by atoms with Crippen molar-refractivity contribution in [3.8, 4) is 23.0 Å². The summed E-state index contributed by atoms with van der Waals surface area (Å²) < 4.78 is 54.2. The van der Waals surface area contributed by atoms with Gasteiger partial charge in [0.1, 0.15) is 12.2 Å². The first-order chi connectivity index (χ1) is 15.2. The van der Waals surface area contributed by atoms with E-state index in [0.717, 1.165) is 54.1 Å². The number of hydrogen-bond acceptors (Lipinski definition) is 8. The molecule has 2 aromatic carbocycles. The molecule has 0 amide bonds. The molecule has 3 heterocycles. The Morgan fingerprint density at radius 3 is 2.38 bits per heavy atom. The van der Waals surface area contributed by atoms with E-state index < -0.39 is 10.4 Å². The molecule has 172 valence electrons. The fourth-order valence-electron chi connectivity index (χ4n) is 4.41. The highest BCUT2D eigenvalue weighted by Gasteiger charge is 2.40. The lowest BCUT2D eigenvalue weighted by atomic mass is 9.88. The number of hydrogen-bond donors (Lipinski definition) is 0. The summed E-state index contributed by atoms with van der Waals surface area (Å²) in [6, 6.07) is 8.39. The van der Waals surface area contributed by atoms with Crippen molar-refractivity contribution in [3.05, 3.63) is 46.5 Å². The van der Waals surface area contributed by atoms with Crippen LogP contribution in [0.2, 0.25) is 0 Å². The van der Waals surface area contributed by atoms with Gasteiger partial charge >= 0.3 is 0 Å². The topological polar surface area (TPSA) is 103 Å². The Kier molecular flexibility index (Phi) is 5.80. The smallest absolute Gasteiger partial charge is 0.231 e. The number of fused-ring (bicyclic) bond motifs is 5. The molecule has 0 fully saturated rings. The lowest BCUT2D eigenvalue weighted by molar-refractivity contribution is -0.854. The molecular formula is C22H25NO8S. The Balaban J connectivity index is 0.000000363. The third kappa shape index (κ3) is 4.02. The van der Waals surface area contributed by atoms with Crippen LogP contribution in [-0.4, -0.2) is 59.2 Å². The molecule has 0 saturated carbocycles. The number of ether oxygens (including phenoxy) is 4. The van der Waals surface area contributed by atoms with Gasteiger partial charge in [-0.15, -0.1) is 0 Å². The van der Waals surface area contributed by atoms with Crippen LogP contribution in [0.5, 0.6) is 23.0 Å². The third-order valence-corrected chi connectivity index (χ3v) is 6.43. The zero-order valence-electron chi connectivity index (χ0n) is 18.3. The summed E-state index contributed by atoms with van der Waals surface area (Å²) in [5.41, 5.74) is 6.33. The average Bonchev–Trinajstić information content (AvgIpc) is 3.23. The van der Waals surface area contributed by atoms with Gasteiger partial charge in [-0.1, -0.05) is 6.07 Å². The van der Waals surface area contributed by atoms with E-state index in [9.17, 15) is 13.0 Å². The molecule has 3 aliphatic heterocycles. The van der Waals surface area contributed by atoms with E-state index in [1.54, 1.807) is 14.2 Å². The number of methoxy groups -OCH3 is 2. The largest absolute Gasteiger partial charge is 0.726 e. The molecule has 1 unspecified atom stereocenters. The van der Waals surface area contributed by atoms with Gasteiger partial charge < -0.3 is 23.5 Å². The van der Waals surface area contributed by atoms with Crippen molar-refractivity contribution < 1.29 is 40.6 Å². The lowest BCUT2D eigenvalue weighted by Gasteiger charge is -2.43. The molecule has 0 aromatic heterocycles. The second-order valence-electron chi connectivity index (χ2n) is 7.86. The van der Waals surface area contributed by atoms with Gasteiger partial charge in [0.15, 0.2) is 23.0 Å². The number of nitrogens with zero attached hydrogens (tertiary/aromatic N) is 1. The first-order valence-corrected chi connectivity index (χ1v) is 11.3. The van der Waals surface area contributed by atoms with E-state index in [0.29, 0.717) is 6.79 Å². The maximum absolute atomic E-state index is 9.22. The quantitative estimate of drug-likeness (QED) is 0.389. The Labute approximate surface area is 187 Å². The van der Waals surface area contributed by atoms with E-state index in [-0.39, 0.29) is 0 Å². The number of likely N-dealkylation sites (N-methyl/N-ethyl adjacent to an activating group) is 1. The Morgan fingerprint density at radius 1 is 1.06 bits per heavy atom. The van der Waals surface area contributed by atoms with Gasteiger partial charge in [-0.2, -0.15) is 0 Å². The monoisotopic (exact) mass is 463 g/mol. The number of benzene rings is 2. The minimum absolute atomic E-state index is 0.309. The van der Waals surface area contributed by atoms with Crippen LogP contribution in [0.1, 0.15) is 22.3 Å². The summed E-state index contributed by atoms with van der Waals surface area (Å²) in [4.78, 5) is 0. The predicted octanol–water partition coefficient (Wildman–Crippen LogP) is 2.54. The van der Waals surface area contributed by atoms with Gasteiger partial charge in [-0.05, 0) is 29.3 Å². The summed E-state index contributed by atoms with van der Waals surface area (Å²) in [5.74, 6) is 3.34. The van der Waals surface area contributed by atoms with E-state index in [1.807, 2.05) is 6.07 Å². The molecule has 3 aliphatic rings. The maximum atomic E-state index is 9.22. The third-order valence-electron chi connectivity index (χ3n) is 6.02. The summed E-state index contributed by atoms with van der Waals surface area (Å²) in [5, 5.41) is 0. The molecule has 32 heavy (non-hydrogen) atoms. The Morgan fingerprint density at radius 2 is 1.75 bits per heavy atom. The van der Waals surface area contributed by atoms with Crippen LogP contribution in [0.3, 0.4) is 0 Å². The first kappa shape index (κ1) is 22.4. The molecule has 5 rings (SSSR count). The highest BCUT2D eigenvalue weighted by molar-refractivity contribution is 7.80. The van der Waals surface area contributed by atoms with Crippen LogP contribution < -0.4 is 18.9 Å². The van der Waals surface area contributed by atoms with Gasteiger partial charge in [0, 0.05) is 18.1 Å². The van der Waals surface area contributed by atoms with Crippen molar-refractivity contribution in [1.29, 1.82) is 0 Å². The van der Waals surface area contributed by atoms with Crippen LogP contribution in [0.4, 0.5) is 0 Å². The molecule has 0 N–H and O–H groups in total. The van der Waals surface area contributed by atoms with Gasteiger partial charge in [-0.25, -0.2) is 8.42 Å². The SMILES string of the molecule is COS(=O)(=O)[O-].COc1ccc2c(c1OC)C[N+]1(C)CCc3cc4c(cc3C1=C2)OCO4. The first-order valence-electron chi connectivity index (χ1n) is 9.94. The second-order valence-corrected chi connectivity index (χ2v) is 9.01. The Hall–Kier alpha value is -2.79.